The van der Waals surface area contributed by atoms with E-state index in [0.29, 0.717) is 60.6 Å². The molecule has 0 atom stereocenters. The van der Waals surface area contributed by atoms with Crippen molar-refractivity contribution in [2.75, 3.05) is 32.9 Å². The lowest BCUT2D eigenvalue weighted by Gasteiger charge is -2.26. The second-order valence-electron chi connectivity index (χ2n) is 9.14. The molecule has 1 aliphatic heterocycles. The van der Waals surface area contributed by atoms with Crippen molar-refractivity contribution in [1.29, 1.82) is 0 Å². The van der Waals surface area contributed by atoms with E-state index in [-0.39, 0.29) is 4.90 Å². The van der Waals surface area contributed by atoms with Gasteiger partial charge in [-0.2, -0.15) is 9.40 Å². The Bertz CT molecular complexity index is 1360. The normalized spacial score (nSPS) is 15.2. The highest BCUT2D eigenvalue weighted by Gasteiger charge is 2.28. The minimum Gasteiger partial charge on any atom is -0.493 e. The Kier molecular flexibility index (Phi) is 7.89. The zero-order valence-corrected chi connectivity index (χ0v) is 22.3. The van der Waals surface area contributed by atoms with E-state index in [9.17, 15) is 8.42 Å². The van der Waals surface area contributed by atoms with Crippen LogP contribution in [0.5, 0.6) is 5.75 Å². The molecule has 1 aliphatic rings. The third-order valence-electron chi connectivity index (χ3n) is 6.03. The Hall–Kier alpha value is -2.34. The molecule has 3 aromatic rings. The van der Waals surface area contributed by atoms with Crippen LogP contribution < -0.4 is 4.74 Å². The quantitative estimate of drug-likeness (QED) is 0.425. The van der Waals surface area contributed by atoms with Crippen LogP contribution in [0.2, 0.25) is 0 Å². The molecule has 3 heterocycles. The van der Waals surface area contributed by atoms with E-state index in [1.165, 1.54) is 4.31 Å². The first kappa shape index (κ1) is 25.7. The molecule has 0 radical (unpaired) electrons. The number of aryl methyl sites for hydroxylation is 2. The van der Waals surface area contributed by atoms with Gasteiger partial charge >= 0.3 is 0 Å². The van der Waals surface area contributed by atoms with E-state index in [1.807, 2.05) is 7.05 Å². The van der Waals surface area contributed by atoms with Crippen molar-refractivity contribution >= 4 is 33.3 Å². The standard InChI is InChI=1S/C24H33N5O4S2/c1-5-6-19-21-22(28(4)27-19)24(34)26-23(25-21)18-15-17(7-8-20(18)33-12-9-16(2)3)35(30,31)29-10-13-32-14-11-29/h7-8,15-16H,5-6,9-14H2,1-4H3,(H,25,26,34). The van der Waals surface area contributed by atoms with Gasteiger partial charge in [0.25, 0.3) is 0 Å². The highest BCUT2D eigenvalue weighted by Crippen LogP contribution is 2.33. The molecule has 35 heavy (non-hydrogen) atoms. The number of rotatable bonds is 9. The molecule has 0 aliphatic carbocycles. The number of morpholine rings is 1. The average molecular weight is 520 g/mol. The first-order chi connectivity index (χ1) is 16.7. The number of benzene rings is 1. The zero-order valence-electron chi connectivity index (χ0n) is 20.7. The molecule has 0 saturated carbocycles. The van der Waals surface area contributed by atoms with Gasteiger partial charge in [0.05, 0.1) is 41.5 Å². The minimum absolute atomic E-state index is 0.187. The maximum Gasteiger partial charge on any atom is 0.243 e. The molecule has 1 saturated heterocycles. The summed E-state index contributed by atoms with van der Waals surface area (Å²) in [5.74, 6) is 1.50. The van der Waals surface area contributed by atoms with E-state index in [0.717, 1.165) is 36.0 Å². The summed E-state index contributed by atoms with van der Waals surface area (Å²) in [6.45, 7) is 8.29. The van der Waals surface area contributed by atoms with Crippen molar-refractivity contribution < 1.29 is 17.9 Å². The predicted molar refractivity (Wildman–Crippen MR) is 138 cm³/mol. The zero-order chi connectivity index (χ0) is 25.2. The van der Waals surface area contributed by atoms with Crippen LogP contribution in [0.25, 0.3) is 22.4 Å². The van der Waals surface area contributed by atoms with E-state index in [4.69, 9.17) is 21.7 Å². The summed E-state index contributed by atoms with van der Waals surface area (Å²) in [5.41, 5.74) is 3.03. The molecule has 0 unspecified atom stereocenters. The van der Waals surface area contributed by atoms with Gasteiger partial charge in [0, 0.05) is 20.1 Å². The van der Waals surface area contributed by atoms with Crippen molar-refractivity contribution in [3.63, 3.8) is 0 Å². The molecular weight excluding hydrogens is 486 g/mol. The maximum absolute atomic E-state index is 13.4. The number of hydrogen-bond donors (Lipinski definition) is 1. The number of aromatic amines is 1. The van der Waals surface area contributed by atoms with Crippen LogP contribution in [0.4, 0.5) is 0 Å². The monoisotopic (exact) mass is 519 g/mol. The van der Waals surface area contributed by atoms with Crippen LogP contribution in [-0.2, 0) is 28.2 Å². The van der Waals surface area contributed by atoms with Crippen molar-refractivity contribution in [3.8, 4) is 17.1 Å². The smallest absolute Gasteiger partial charge is 0.243 e. The highest BCUT2D eigenvalue weighted by atomic mass is 32.2. The van der Waals surface area contributed by atoms with Gasteiger partial charge in [-0.25, -0.2) is 13.4 Å². The summed E-state index contributed by atoms with van der Waals surface area (Å²) in [6.07, 6.45) is 2.59. The van der Waals surface area contributed by atoms with Crippen LogP contribution in [0, 0.1) is 10.6 Å². The van der Waals surface area contributed by atoms with Crippen molar-refractivity contribution in [1.82, 2.24) is 24.1 Å². The molecule has 4 rings (SSSR count). The van der Waals surface area contributed by atoms with Crippen molar-refractivity contribution in [3.05, 3.63) is 28.5 Å². The van der Waals surface area contributed by atoms with Gasteiger partial charge in [-0.3, -0.25) is 4.68 Å². The molecule has 9 nitrogen and oxygen atoms in total. The molecule has 190 valence electrons. The van der Waals surface area contributed by atoms with Crippen LogP contribution in [-0.4, -0.2) is 65.4 Å². The fourth-order valence-corrected chi connectivity index (χ4v) is 5.88. The highest BCUT2D eigenvalue weighted by molar-refractivity contribution is 7.89. The Balaban J connectivity index is 1.84. The summed E-state index contributed by atoms with van der Waals surface area (Å²) >= 11 is 5.63. The number of nitrogens with zero attached hydrogens (tertiary/aromatic N) is 4. The molecule has 1 aromatic carbocycles. The Morgan fingerprint density at radius 1 is 1.26 bits per heavy atom. The van der Waals surface area contributed by atoms with Crippen molar-refractivity contribution in [2.45, 2.75) is 44.9 Å². The van der Waals surface area contributed by atoms with Crippen LogP contribution in [0.3, 0.4) is 0 Å². The minimum atomic E-state index is -3.69. The Morgan fingerprint density at radius 3 is 2.69 bits per heavy atom. The largest absolute Gasteiger partial charge is 0.493 e. The van der Waals surface area contributed by atoms with E-state index >= 15 is 0 Å². The van der Waals surface area contributed by atoms with Gasteiger partial charge in [0.2, 0.25) is 10.0 Å². The van der Waals surface area contributed by atoms with Crippen LogP contribution in [0.1, 0.15) is 39.3 Å². The number of H-pyrrole nitrogens is 1. The predicted octanol–water partition coefficient (Wildman–Crippen LogP) is 4.09. The lowest BCUT2D eigenvalue weighted by Crippen LogP contribution is -2.40. The third-order valence-corrected chi connectivity index (χ3v) is 8.21. The van der Waals surface area contributed by atoms with Gasteiger partial charge in [0.1, 0.15) is 17.1 Å². The van der Waals surface area contributed by atoms with Crippen LogP contribution >= 0.6 is 12.2 Å². The molecule has 2 aromatic heterocycles. The number of sulfonamides is 1. The summed E-state index contributed by atoms with van der Waals surface area (Å²) < 4.78 is 41.8. The van der Waals surface area contributed by atoms with Gasteiger partial charge in [-0.15, -0.1) is 0 Å². The van der Waals surface area contributed by atoms with Gasteiger partial charge in [0.15, 0.2) is 4.64 Å². The lowest BCUT2D eigenvalue weighted by atomic mass is 10.1. The number of fused-ring (bicyclic) bond motifs is 1. The SMILES string of the molecule is CCCc1nn(C)c2c(=S)nc(-c3cc(S(=O)(=O)N4CCOCC4)ccc3OCCC(C)C)[nH]c12. The fourth-order valence-electron chi connectivity index (χ4n) is 4.12. The van der Waals surface area contributed by atoms with Gasteiger partial charge < -0.3 is 14.5 Å². The number of hydrogen-bond acceptors (Lipinski definition) is 7. The molecular formula is C24H33N5O4S2. The third kappa shape index (κ3) is 5.42. The number of aromatic nitrogens is 4. The summed E-state index contributed by atoms with van der Waals surface area (Å²) in [4.78, 5) is 8.21. The second-order valence-corrected chi connectivity index (χ2v) is 11.5. The topological polar surface area (TPSA) is 102 Å². The Morgan fingerprint density at radius 2 is 2.00 bits per heavy atom. The summed E-state index contributed by atoms with van der Waals surface area (Å²) in [7, 11) is -1.85. The van der Waals surface area contributed by atoms with Gasteiger partial charge in [-0.05, 0) is 37.0 Å². The van der Waals surface area contributed by atoms with Gasteiger partial charge in [-0.1, -0.05) is 39.4 Å². The van der Waals surface area contributed by atoms with Crippen molar-refractivity contribution in [2.24, 2.45) is 13.0 Å². The van der Waals surface area contributed by atoms with Crippen LogP contribution in [0.15, 0.2) is 23.1 Å². The summed E-state index contributed by atoms with van der Waals surface area (Å²) in [5, 5.41) is 4.62. The Labute approximate surface area is 211 Å². The van der Waals surface area contributed by atoms with E-state index in [1.54, 1.807) is 22.9 Å². The second kappa shape index (κ2) is 10.7. The average Bonchev–Trinajstić information content (AvgIpc) is 3.15. The van der Waals surface area contributed by atoms with E-state index in [2.05, 4.69) is 35.8 Å². The molecule has 0 spiro atoms. The summed E-state index contributed by atoms with van der Waals surface area (Å²) in [6, 6.07) is 4.94. The molecule has 0 amide bonds. The maximum atomic E-state index is 13.4. The molecule has 0 bridgehead atoms. The fraction of sp³-hybridized carbons (Fsp3) is 0.542. The lowest BCUT2D eigenvalue weighted by molar-refractivity contribution is 0.0730. The first-order valence-electron chi connectivity index (χ1n) is 12.0. The molecule has 11 heteroatoms. The van der Waals surface area contributed by atoms with E-state index < -0.39 is 10.0 Å². The molecule has 1 N–H and O–H groups in total. The number of nitrogens with one attached hydrogen (secondary N) is 1. The number of ether oxygens (including phenoxy) is 2. The molecule has 1 fully saturated rings. The first-order valence-corrected chi connectivity index (χ1v) is 13.9.